The highest BCUT2D eigenvalue weighted by Crippen LogP contribution is 2.28. The summed E-state index contributed by atoms with van der Waals surface area (Å²) >= 11 is 0. The summed E-state index contributed by atoms with van der Waals surface area (Å²) in [4.78, 5) is 0. The van der Waals surface area contributed by atoms with Crippen LogP contribution in [0.3, 0.4) is 0 Å². The van der Waals surface area contributed by atoms with Gasteiger partial charge in [-0.25, -0.2) is 4.39 Å². The molecule has 0 aliphatic carbocycles. The summed E-state index contributed by atoms with van der Waals surface area (Å²) in [6, 6.07) is 11.9. The Morgan fingerprint density at radius 1 is 1.16 bits per heavy atom. The van der Waals surface area contributed by atoms with Gasteiger partial charge in [-0.1, -0.05) is 23.8 Å². The van der Waals surface area contributed by atoms with E-state index in [9.17, 15) is 9.50 Å². The van der Waals surface area contributed by atoms with Crippen LogP contribution in [0.5, 0.6) is 5.75 Å². The smallest absolute Gasteiger partial charge is 0.124 e. The van der Waals surface area contributed by atoms with E-state index in [-0.39, 0.29) is 5.82 Å². The van der Waals surface area contributed by atoms with Crippen molar-refractivity contribution in [3.63, 3.8) is 0 Å². The van der Waals surface area contributed by atoms with Crippen molar-refractivity contribution < 1.29 is 14.2 Å². The average molecular weight is 260 g/mol. The fraction of sp³-hybridized carbons (Fsp3) is 0.250. The molecule has 100 valence electrons. The van der Waals surface area contributed by atoms with Gasteiger partial charge in [-0.15, -0.1) is 0 Å². The number of hydrogen-bond acceptors (Lipinski definition) is 2. The van der Waals surface area contributed by atoms with Crippen molar-refractivity contribution in [2.45, 2.75) is 19.4 Å². The van der Waals surface area contributed by atoms with Gasteiger partial charge < -0.3 is 9.84 Å². The molecule has 0 radical (unpaired) electrons. The van der Waals surface area contributed by atoms with E-state index in [1.165, 1.54) is 12.1 Å². The lowest BCUT2D eigenvalue weighted by Gasteiger charge is -2.15. The number of methoxy groups -OCH3 is 1. The number of ether oxygens (including phenoxy) is 1. The first-order valence-electron chi connectivity index (χ1n) is 6.17. The Balaban J connectivity index is 2.21. The Kier molecular flexibility index (Phi) is 4.17. The van der Waals surface area contributed by atoms with Gasteiger partial charge in [0.1, 0.15) is 11.6 Å². The molecule has 0 amide bonds. The molecule has 1 unspecified atom stereocenters. The first-order chi connectivity index (χ1) is 9.10. The zero-order valence-corrected chi connectivity index (χ0v) is 11.1. The van der Waals surface area contributed by atoms with E-state index in [4.69, 9.17) is 4.74 Å². The van der Waals surface area contributed by atoms with Gasteiger partial charge >= 0.3 is 0 Å². The van der Waals surface area contributed by atoms with Crippen molar-refractivity contribution in [1.82, 2.24) is 0 Å². The molecule has 0 spiro atoms. The molecule has 19 heavy (non-hydrogen) atoms. The highest BCUT2D eigenvalue weighted by molar-refractivity contribution is 5.39. The van der Waals surface area contributed by atoms with Crippen LogP contribution in [0.2, 0.25) is 0 Å². The molecular weight excluding hydrogens is 243 g/mol. The number of hydrogen-bond donors (Lipinski definition) is 1. The summed E-state index contributed by atoms with van der Waals surface area (Å²) in [7, 11) is 1.58. The Morgan fingerprint density at radius 2 is 1.84 bits per heavy atom. The van der Waals surface area contributed by atoms with E-state index in [1.54, 1.807) is 19.2 Å². The lowest BCUT2D eigenvalue weighted by molar-refractivity contribution is 0.174. The van der Waals surface area contributed by atoms with Crippen molar-refractivity contribution in [3.8, 4) is 5.75 Å². The fourth-order valence-electron chi connectivity index (χ4n) is 2.07. The summed E-state index contributed by atoms with van der Waals surface area (Å²) in [5.74, 6) is 0.395. The fourth-order valence-corrected chi connectivity index (χ4v) is 2.07. The standard InChI is InChI=1S/C16H17FO2/c1-11-3-8-16(19-2)14(9-11)15(18)10-12-4-6-13(17)7-5-12/h3-9,15,18H,10H2,1-2H3. The molecule has 0 aliphatic heterocycles. The molecule has 1 N–H and O–H groups in total. The minimum absolute atomic E-state index is 0.272. The number of aryl methyl sites for hydroxylation is 1. The van der Waals surface area contributed by atoms with E-state index < -0.39 is 6.10 Å². The van der Waals surface area contributed by atoms with Crippen molar-refractivity contribution in [2.75, 3.05) is 7.11 Å². The van der Waals surface area contributed by atoms with Crippen molar-refractivity contribution in [1.29, 1.82) is 0 Å². The van der Waals surface area contributed by atoms with Gasteiger partial charge in [0.15, 0.2) is 0 Å². The predicted octanol–water partition coefficient (Wildman–Crippen LogP) is 3.42. The molecule has 2 aromatic rings. The third-order valence-electron chi connectivity index (χ3n) is 3.09. The number of benzene rings is 2. The second kappa shape index (κ2) is 5.85. The van der Waals surface area contributed by atoms with Crippen LogP contribution in [0.1, 0.15) is 22.8 Å². The van der Waals surface area contributed by atoms with E-state index in [0.717, 1.165) is 16.7 Å². The molecule has 0 saturated heterocycles. The average Bonchev–Trinajstić information content (AvgIpc) is 2.41. The highest BCUT2D eigenvalue weighted by Gasteiger charge is 2.14. The zero-order valence-electron chi connectivity index (χ0n) is 11.1. The minimum Gasteiger partial charge on any atom is -0.496 e. The topological polar surface area (TPSA) is 29.5 Å². The minimum atomic E-state index is -0.666. The largest absolute Gasteiger partial charge is 0.496 e. The molecule has 2 aromatic carbocycles. The van der Waals surface area contributed by atoms with Crippen LogP contribution in [-0.2, 0) is 6.42 Å². The molecular formula is C16H17FO2. The molecule has 0 aliphatic rings. The molecule has 3 heteroatoms. The van der Waals surface area contributed by atoms with Gasteiger partial charge in [0.05, 0.1) is 13.2 Å². The summed E-state index contributed by atoms with van der Waals surface area (Å²) in [6.45, 7) is 1.97. The molecule has 0 fully saturated rings. The Labute approximate surface area is 112 Å². The SMILES string of the molecule is COc1ccc(C)cc1C(O)Cc1ccc(F)cc1. The van der Waals surface area contributed by atoms with Crippen molar-refractivity contribution in [3.05, 3.63) is 65.0 Å². The Bertz CT molecular complexity index is 549. The van der Waals surface area contributed by atoms with Gasteiger partial charge in [-0.3, -0.25) is 0 Å². The van der Waals surface area contributed by atoms with Crippen LogP contribution < -0.4 is 4.74 Å². The first-order valence-corrected chi connectivity index (χ1v) is 6.17. The summed E-state index contributed by atoms with van der Waals surface area (Å²) in [5, 5.41) is 10.3. The van der Waals surface area contributed by atoms with Crippen LogP contribution in [-0.4, -0.2) is 12.2 Å². The van der Waals surface area contributed by atoms with Gasteiger partial charge in [0, 0.05) is 12.0 Å². The third kappa shape index (κ3) is 3.32. The van der Waals surface area contributed by atoms with Crippen LogP contribution in [0, 0.1) is 12.7 Å². The normalized spacial score (nSPS) is 12.2. The number of halogens is 1. The van der Waals surface area contributed by atoms with Crippen LogP contribution >= 0.6 is 0 Å². The quantitative estimate of drug-likeness (QED) is 0.912. The molecule has 0 bridgehead atoms. The maximum absolute atomic E-state index is 12.8. The van der Waals surface area contributed by atoms with Crippen LogP contribution in [0.15, 0.2) is 42.5 Å². The number of aliphatic hydroxyl groups excluding tert-OH is 1. The maximum Gasteiger partial charge on any atom is 0.124 e. The van der Waals surface area contributed by atoms with Crippen LogP contribution in [0.25, 0.3) is 0 Å². The summed E-state index contributed by atoms with van der Waals surface area (Å²) in [6.07, 6.45) is -0.236. The van der Waals surface area contributed by atoms with Gasteiger partial charge in [-0.2, -0.15) is 0 Å². The molecule has 1 atom stereocenters. The molecule has 2 nitrogen and oxygen atoms in total. The zero-order chi connectivity index (χ0) is 13.8. The summed E-state index contributed by atoms with van der Waals surface area (Å²) in [5.41, 5.74) is 2.71. The third-order valence-corrected chi connectivity index (χ3v) is 3.09. The first kappa shape index (κ1) is 13.6. The maximum atomic E-state index is 12.8. The van der Waals surface area contributed by atoms with E-state index >= 15 is 0 Å². The molecule has 2 rings (SSSR count). The molecule has 0 aromatic heterocycles. The Hall–Kier alpha value is -1.87. The van der Waals surface area contributed by atoms with E-state index in [0.29, 0.717) is 12.2 Å². The van der Waals surface area contributed by atoms with Gasteiger partial charge in [0.2, 0.25) is 0 Å². The van der Waals surface area contributed by atoms with Crippen molar-refractivity contribution >= 4 is 0 Å². The highest BCUT2D eigenvalue weighted by atomic mass is 19.1. The van der Waals surface area contributed by atoms with E-state index in [1.807, 2.05) is 25.1 Å². The predicted molar refractivity (Wildman–Crippen MR) is 72.8 cm³/mol. The van der Waals surface area contributed by atoms with Crippen molar-refractivity contribution in [2.24, 2.45) is 0 Å². The second-order valence-electron chi connectivity index (χ2n) is 4.59. The van der Waals surface area contributed by atoms with Gasteiger partial charge in [0.25, 0.3) is 0 Å². The monoisotopic (exact) mass is 260 g/mol. The van der Waals surface area contributed by atoms with Gasteiger partial charge in [-0.05, 0) is 36.8 Å². The number of aliphatic hydroxyl groups is 1. The molecule has 0 saturated carbocycles. The number of rotatable bonds is 4. The lowest BCUT2D eigenvalue weighted by Crippen LogP contribution is -2.04. The lowest BCUT2D eigenvalue weighted by atomic mass is 9.99. The molecule has 0 heterocycles. The van der Waals surface area contributed by atoms with Crippen LogP contribution in [0.4, 0.5) is 4.39 Å². The summed E-state index contributed by atoms with van der Waals surface area (Å²) < 4.78 is 18.1. The Morgan fingerprint density at radius 3 is 2.47 bits per heavy atom. The van der Waals surface area contributed by atoms with E-state index in [2.05, 4.69) is 0 Å². The second-order valence-corrected chi connectivity index (χ2v) is 4.59.